The molecule has 1 saturated carbocycles. The van der Waals surface area contributed by atoms with E-state index in [1.807, 2.05) is 41.5 Å². The van der Waals surface area contributed by atoms with Crippen LogP contribution in [-0.2, 0) is 12.8 Å². The number of aryl methyl sites for hydroxylation is 2. The summed E-state index contributed by atoms with van der Waals surface area (Å²) >= 11 is 0. The van der Waals surface area contributed by atoms with Crippen LogP contribution in [0.3, 0.4) is 0 Å². The van der Waals surface area contributed by atoms with Gasteiger partial charge in [0.05, 0.1) is 0 Å². The summed E-state index contributed by atoms with van der Waals surface area (Å²) < 4.78 is 0. The lowest BCUT2D eigenvalue weighted by Crippen LogP contribution is -2.26. The van der Waals surface area contributed by atoms with Crippen molar-refractivity contribution < 1.29 is 0 Å². The van der Waals surface area contributed by atoms with Gasteiger partial charge >= 0.3 is 0 Å². The van der Waals surface area contributed by atoms with Crippen LogP contribution in [0.15, 0.2) is 129 Å². The fraction of sp³-hybridized carbons (Fsp3) is 0.646. The molecule has 1 aromatic carbocycles. The Morgan fingerprint density at radius 3 is 1.42 bits per heavy atom. The third-order valence-electron chi connectivity index (χ3n) is 13.5. The number of allylic oxidation sites excluding steroid dienone is 6. The van der Waals surface area contributed by atoms with E-state index in [9.17, 15) is 0 Å². The molecule has 1 aromatic rings. The van der Waals surface area contributed by atoms with Crippen molar-refractivity contribution in [2.75, 3.05) is 0 Å². The Hall–Kier alpha value is -3.08. The molecule has 1 fully saturated rings. The number of fused-ring (bicyclic) bond motifs is 1. The molecule has 0 heteroatoms. The van der Waals surface area contributed by atoms with Crippen LogP contribution in [0.4, 0.5) is 0 Å². The average Bonchev–Trinajstić information content (AvgIpc) is 4.09. The summed E-state index contributed by atoms with van der Waals surface area (Å²) in [6.45, 7) is 82.4. The van der Waals surface area contributed by atoms with E-state index in [1.165, 1.54) is 98.5 Å². The molecule has 65 heavy (non-hydrogen) atoms. The van der Waals surface area contributed by atoms with E-state index in [4.69, 9.17) is 6.58 Å². The van der Waals surface area contributed by atoms with Gasteiger partial charge in [0.2, 0.25) is 0 Å². The lowest BCUT2D eigenvalue weighted by molar-refractivity contribution is 0.245. The molecule has 0 N–H and O–H groups in total. The van der Waals surface area contributed by atoms with Gasteiger partial charge in [-0.2, -0.15) is 0 Å². The topological polar surface area (TPSA) is 0 Å². The van der Waals surface area contributed by atoms with Crippen molar-refractivity contribution in [3.8, 4) is 0 Å². The standard InChI is InChI=1S/C33H56.C10H12.C9H20.C4H8.C3H4.2C2H6.C2H4/c1-15-30(24(7)21(2)3)20-31(18-23(6)28(11)33(12,13)14)26(9)27(10)32(19-29-16-17-29)25(8)22(4)5;1-2-6-10-8-4-3-7-9(10)5-1;1-6-7-8(2)9(3,4)5;1-4(2)3;1-3-2;3*1-2/h24,27-32H,2,4,6,8-9,15-20H2,1,3,5,7,10-14H3;1-2,5-6H,3-4,7-8H2;8H,6-7H2,1-5H3;1H2,2-3H3;1-2H2;2*1-2H3;1-2H2. The summed E-state index contributed by atoms with van der Waals surface area (Å²) in [6.07, 6.45) is 15.4. The SMILES string of the molecule is C=C.C=C(C)C.C=C(C)C(=C)C(CC1CC1)C(C)C(=C)C(CC(=C)C(C)C(C)(C)C)CC(CC)C(C)C(=C)C.C=C=C.CC.CC.CCCC(C)C(C)(C)C.c1ccc2c(c1)CCCC2. The van der Waals surface area contributed by atoms with Crippen LogP contribution in [0.2, 0.25) is 0 Å². The molecule has 0 radical (unpaired) electrons. The number of hydrogen-bond acceptors (Lipinski definition) is 0. The lowest BCUT2D eigenvalue weighted by atomic mass is 9.68. The fourth-order valence-corrected chi connectivity index (χ4v) is 7.81. The highest BCUT2D eigenvalue weighted by Gasteiger charge is 2.35. The molecule has 0 spiro atoms. The normalized spacial score (nSPS) is 15.4. The molecule has 0 aliphatic heterocycles. The molecule has 7 atom stereocenters. The summed E-state index contributed by atoms with van der Waals surface area (Å²) in [6, 6.07) is 8.80. The summed E-state index contributed by atoms with van der Waals surface area (Å²) in [5.41, 5.74) is 13.7. The van der Waals surface area contributed by atoms with Crippen molar-refractivity contribution in [1.82, 2.24) is 0 Å². The molecule has 376 valence electrons. The largest absolute Gasteiger partial charge is 0.137 e. The molecule has 2 aliphatic rings. The average molecular weight is 898 g/mol. The first kappa shape index (κ1) is 70.9. The molecule has 0 nitrogen and oxygen atoms in total. The maximum atomic E-state index is 4.78. The van der Waals surface area contributed by atoms with Crippen molar-refractivity contribution in [3.05, 3.63) is 140 Å². The van der Waals surface area contributed by atoms with E-state index in [0.29, 0.717) is 40.9 Å². The van der Waals surface area contributed by atoms with Crippen molar-refractivity contribution in [1.29, 1.82) is 0 Å². The number of rotatable bonds is 17. The van der Waals surface area contributed by atoms with Crippen LogP contribution in [-0.4, -0.2) is 0 Å². The maximum Gasteiger partial charge on any atom is -0.00998 e. The molecular weight excluding hydrogens is 781 g/mol. The Kier molecular flexibility index (Phi) is 43.7. The molecule has 0 aromatic heterocycles. The predicted octanol–water partition coefficient (Wildman–Crippen LogP) is 22.0. The minimum Gasteiger partial charge on any atom is -0.137 e. The lowest BCUT2D eigenvalue weighted by Gasteiger charge is -2.37. The second-order valence-corrected chi connectivity index (χ2v) is 21.1. The fourth-order valence-electron chi connectivity index (χ4n) is 7.81. The quantitative estimate of drug-likeness (QED) is 0.0830. The zero-order valence-electron chi connectivity index (χ0n) is 48.0. The zero-order chi connectivity index (χ0) is 52.3. The van der Waals surface area contributed by atoms with Crippen molar-refractivity contribution in [2.45, 2.75) is 216 Å². The van der Waals surface area contributed by atoms with Crippen LogP contribution >= 0.6 is 0 Å². The van der Waals surface area contributed by atoms with Gasteiger partial charge in [0.15, 0.2) is 0 Å². The van der Waals surface area contributed by atoms with Gasteiger partial charge in [0, 0.05) is 0 Å². The van der Waals surface area contributed by atoms with Gasteiger partial charge in [-0.1, -0.05) is 241 Å². The second kappa shape index (κ2) is 40.0. The van der Waals surface area contributed by atoms with Crippen molar-refractivity contribution in [3.63, 3.8) is 0 Å². The highest BCUT2D eigenvalue weighted by molar-refractivity contribution is 5.30. The van der Waals surface area contributed by atoms with E-state index in [-0.39, 0.29) is 5.41 Å². The minimum atomic E-state index is 0.229. The van der Waals surface area contributed by atoms with Gasteiger partial charge in [-0.25, -0.2) is 0 Å². The number of hydrogen-bond donors (Lipinski definition) is 0. The third-order valence-corrected chi connectivity index (χ3v) is 13.5. The van der Waals surface area contributed by atoms with Gasteiger partial charge in [-0.15, -0.1) is 25.5 Å². The van der Waals surface area contributed by atoms with Crippen LogP contribution in [0, 0.1) is 58.2 Å². The Morgan fingerprint density at radius 1 is 0.708 bits per heavy atom. The molecule has 0 saturated heterocycles. The zero-order valence-corrected chi connectivity index (χ0v) is 48.0. The van der Waals surface area contributed by atoms with E-state index in [2.05, 4.69) is 186 Å². The van der Waals surface area contributed by atoms with Gasteiger partial charge in [0.25, 0.3) is 0 Å². The van der Waals surface area contributed by atoms with Gasteiger partial charge in [-0.05, 0) is 148 Å². The van der Waals surface area contributed by atoms with Crippen LogP contribution < -0.4 is 0 Å². The molecular formula is C65H116. The first-order chi connectivity index (χ1) is 30.2. The molecule has 0 bridgehead atoms. The second-order valence-electron chi connectivity index (χ2n) is 21.1. The van der Waals surface area contributed by atoms with E-state index >= 15 is 0 Å². The summed E-state index contributed by atoms with van der Waals surface area (Å²) in [4.78, 5) is 0. The van der Waals surface area contributed by atoms with Gasteiger partial charge < -0.3 is 0 Å². The first-order valence-electron chi connectivity index (χ1n) is 26.1. The molecule has 0 heterocycles. The molecule has 0 amide bonds. The number of benzene rings is 1. The minimum absolute atomic E-state index is 0.229. The highest BCUT2D eigenvalue weighted by Crippen LogP contribution is 2.46. The van der Waals surface area contributed by atoms with E-state index in [0.717, 1.165) is 23.8 Å². The van der Waals surface area contributed by atoms with Crippen molar-refractivity contribution >= 4 is 0 Å². The molecule has 3 rings (SSSR count). The monoisotopic (exact) mass is 897 g/mol. The molecule has 7 unspecified atom stereocenters. The Bertz CT molecular complexity index is 1440. The maximum absolute atomic E-state index is 4.78. The van der Waals surface area contributed by atoms with Gasteiger partial charge in [-0.3, -0.25) is 0 Å². The smallest absolute Gasteiger partial charge is 0.00998 e. The van der Waals surface area contributed by atoms with Crippen molar-refractivity contribution in [2.24, 2.45) is 58.2 Å². The van der Waals surface area contributed by atoms with E-state index in [1.54, 1.807) is 11.1 Å². The predicted molar refractivity (Wildman–Crippen MR) is 307 cm³/mol. The summed E-state index contributed by atoms with van der Waals surface area (Å²) in [7, 11) is 0. The first-order valence-corrected chi connectivity index (χ1v) is 26.1. The third kappa shape index (κ3) is 34.0. The van der Waals surface area contributed by atoms with Crippen LogP contribution in [0.25, 0.3) is 0 Å². The van der Waals surface area contributed by atoms with Crippen LogP contribution in [0.5, 0.6) is 0 Å². The van der Waals surface area contributed by atoms with Gasteiger partial charge in [0.1, 0.15) is 0 Å². The Labute approximate surface area is 412 Å². The highest BCUT2D eigenvalue weighted by atomic mass is 14.4. The molecule has 2 aliphatic carbocycles. The Morgan fingerprint density at radius 2 is 1.12 bits per heavy atom. The van der Waals surface area contributed by atoms with Crippen LogP contribution in [0.1, 0.15) is 214 Å². The van der Waals surface area contributed by atoms with E-state index < -0.39 is 0 Å². The Balaban J connectivity index is -0.000000301. The summed E-state index contributed by atoms with van der Waals surface area (Å²) in [5.74, 6) is 4.68. The summed E-state index contributed by atoms with van der Waals surface area (Å²) in [5, 5.41) is 0.